The molecule has 1 saturated heterocycles. The molecule has 0 saturated carbocycles. The number of hydrogen-bond acceptors (Lipinski definition) is 5. The molecular formula is C16H23N3OS. The Morgan fingerprint density at radius 2 is 2.05 bits per heavy atom. The van der Waals surface area contributed by atoms with Crippen molar-refractivity contribution in [2.45, 2.75) is 18.6 Å². The van der Waals surface area contributed by atoms with E-state index >= 15 is 0 Å². The summed E-state index contributed by atoms with van der Waals surface area (Å²) in [6, 6.07) is 6.15. The van der Waals surface area contributed by atoms with Crippen LogP contribution in [0.25, 0.3) is 11.1 Å². The Bertz CT molecular complexity index is 590. The molecule has 4 nitrogen and oxygen atoms in total. The van der Waals surface area contributed by atoms with Gasteiger partial charge >= 0.3 is 0 Å². The zero-order chi connectivity index (χ0) is 14.7. The van der Waals surface area contributed by atoms with Crippen LogP contribution in [0.15, 0.2) is 27.8 Å². The van der Waals surface area contributed by atoms with Gasteiger partial charge in [-0.1, -0.05) is 17.8 Å². The molecule has 1 fully saturated rings. The average molecular weight is 305 g/mol. The number of aryl methyl sites for hydroxylation is 1. The number of thioether (sulfide) groups is 1. The molecule has 0 amide bonds. The summed E-state index contributed by atoms with van der Waals surface area (Å²) in [5, 5.41) is 0.800. The average Bonchev–Trinajstić information content (AvgIpc) is 2.87. The van der Waals surface area contributed by atoms with Crippen LogP contribution >= 0.6 is 11.8 Å². The van der Waals surface area contributed by atoms with E-state index in [1.165, 1.54) is 44.7 Å². The summed E-state index contributed by atoms with van der Waals surface area (Å²) in [5.41, 5.74) is 3.08. The number of nitrogens with zero attached hydrogens (tertiary/aromatic N) is 3. The molecule has 0 radical (unpaired) electrons. The molecule has 114 valence electrons. The van der Waals surface area contributed by atoms with Gasteiger partial charge in [0.1, 0.15) is 5.52 Å². The lowest BCUT2D eigenvalue weighted by atomic mass is 10.2. The predicted molar refractivity (Wildman–Crippen MR) is 88.0 cm³/mol. The van der Waals surface area contributed by atoms with Crippen molar-refractivity contribution in [1.82, 2.24) is 14.8 Å². The van der Waals surface area contributed by atoms with Crippen LogP contribution in [-0.4, -0.2) is 60.3 Å². The van der Waals surface area contributed by atoms with Crippen LogP contribution in [0.5, 0.6) is 0 Å². The monoisotopic (exact) mass is 305 g/mol. The van der Waals surface area contributed by atoms with Crippen LogP contribution in [0.3, 0.4) is 0 Å². The van der Waals surface area contributed by atoms with Crippen molar-refractivity contribution in [3.63, 3.8) is 0 Å². The Kier molecular flexibility index (Phi) is 4.83. The van der Waals surface area contributed by atoms with Crippen molar-refractivity contribution in [2.75, 3.05) is 45.5 Å². The summed E-state index contributed by atoms with van der Waals surface area (Å²) in [6.45, 7) is 8.04. The quantitative estimate of drug-likeness (QED) is 0.626. The van der Waals surface area contributed by atoms with Crippen molar-refractivity contribution < 1.29 is 4.42 Å². The maximum Gasteiger partial charge on any atom is 0.256 e. The van der Waals surface area contributed by atoms with Crippen molar-refractivity contribution in [2.24, 2.45) is 0 Å². The van der Waals surface area contributed by atoms with E-state index in [9.17, 15) is 0 Å². The maximum atomic E-state index is 5.76. The third kappa shape index (κ3) is 3.99. The minimum atomic E-state index is 0.800. The standard InChI is InChI=1S/C16H23N3OS/c1-13-4-5-15-14(12-13)17-16(20-15)21-11-3-6-19-9-7-18(2)8-10-19/h4-5,12H,3,6-11H2,1-2H3. The van der Waals surface area contributed by atoms with Crippen molar-refractivity contribution in [3.05, 3.63) is 23.8 Å². The summed E-state index contributed by atoms with van der Waals surface area (Å²) in [7, 11) is 2.20. The van der Waals surface area contributed by atoms with Gasteiger partial charge in [0.15, 0.2) is 5.58 Å². The molecule has 2 heterocycles. The van der Waals surface area contributed by atoms with E-state index in [4.69, 9.17) is 4.42 Å². The van der Waals surface area contributed by atoms with Gasteiger partial charge in [-0.05, 0) is 44.6 Å². The Balaban J connectivity index is 1.44. The summed E-state index contributed by atoms with van der Waals surface area (Å²) < 4.78 is 5.76. The molecular weight excluding hydrogens is 282 g/mol. The molecule has 1 aliphatic rings. The molecule has 1 aromatic heterocycles. The fourth-order valence-electron chi connectivity index (χ4n) is 2.60. The summed E-state index contributed by atoms with van der Waals surface area (Å²) in [4.78, 5) is 9.49. The van der Waals surface area contributed by atoms with Crippen LogP contribution in [0.4, 0.5) is 0 Å². The first-order valence-corrected chi connectivity index (χ1v) is 8.60. The molecule has 0 bridgehead atoms. The van der Waals surface area contributed by atoms with Gasteiger partial charge < -0.3 is 14.2 Å². The van der Waals surface area contributed by atoms with Crippen molar-refractivity contribution in [3.8, 4) is 0 Å². The highest BCUT2D eigenvalue weighted by molar-refractivity contribution is 7.99. The Morgan fingerprint density at radius 1 is 1.24 bits per heavy atom. The molecule has 0 unspecified atom stereocenters. The van der Waals surface area contributed by atoms with Crippen molar-refractivity contribution >= 4 is 22.9 Å². The van der Waals surface area contributed by atoms with Crippen molar-refractivity contribution in [1.29, 1.82) is 0 Å². The van der Waals surface area contributed by atoms with Crippen LogP contribution in [0.1, 0.15) is 12.0 Å². The van der Waals surface area contributed by atoms with Crippen LogP contribution in [0, 0.1) is 6.92 Å². The second-order valence-corrected chi connectivity index (χ2v) is 6.84. The number of likely N-dealkylation sites (N-methyl/N-ethyl adjacent to an activating group) is 1. The van der Waals surface area contributed by atoms with Crippen LogP contribution in [0.2, 0.25) is 0 Å². The summed E-state index contributed by atoms with van der Waals surface area (Å²) in [6.07, 6.45) is 1.19. The van der Waals surface area contributed by atoms with Gasteiger partial charge in [-0.3, -0.25) is 0 Å². The fourth-order valence-corrected chi connectivity index (χ4v) is 3.36. The molecule has 21 heavy (non-hydrogen) atoms. The van der Waals surface area contributed by atoms with Gasteiger partial charge in [0, 0.05) is 31.9 Å². The Morgan fingerprint density at radius 3 is 2.86 bits per heavy atom. The van der Waals surface area contributed by atoms with Gasteiger partial charge in [-0.25, -0.2) is 4.98 Å². The second kappa shape index (κ2) is 6.81. The molecule has 0 spiro atoms. The normalized spacial score (nSPS) is 17.6. The molecule has 0 aliphatic carbocycles. The van der Waals surface area contributed by atoms with Crippen LogP contribution < -0.4 is 0 Å². The van der Waals surface area contributed by atoms with Gasteiger partial charge in [-0.2, -0.15) is 0 Å². The number of oxazole rings is 1. The highest BCUT2D eigenvalue weighted by Gasteiger charge is 2.13. The third-order valence-electron chi connectivity index (χ3n) is 3.96. The fraction of sp³-hybridized carbons (Fsp3) is 0.562. The minimum absolute atomic E-state index is 0.800. The zero-order valence-electron chi connectivity index (χ0n) is 12.8. The Labute approximate surface area is 130 Å². The van der Waals surface area contributed by atoms with E-state index in [2.05, 4.69) is 40.9 Å². The lowest BCUT2D eigenvalue weighted by molar-refractivity contribution is 0.154. The minimum Gasteiger partial charge on any atom is -0.431 e. The first-order chi connectivity index (χ1) is 10.2. The SMILES string of the molecule is Cc1ccc2oc(SCCCN3CCN(C)CC3)nc2c1. The molecule has 1 aromatic carbocycles. The number of aromatic nitrogens is 1. The van der Waals surface area contributed by atoms with Gasteiger partial charge in [0.05, 0.1) is 0 Å². The number of hydrogen-bond donors (Lipinski definition) is 0. The number of benzene rings is 1. The number of fused-ring (bicyclic) bond motifs is 1. The number of rotatable bonds is 5. The molecule has 1 aliphatic heterocycles. The number of piperazine rings is 1. The lowest BCUT2D eigenvalue weighted by Gasteiger charge is -2.32. The third-order valence-corrected chi connectivity index (χ3v) is 4.88. The molecule has 0 atom stereocenters. The zero-order valence-corrected chi connectivity index (χ0v) is 13.7. The smallest absolute Gasteiger partial charge is 0.256 e. The first-order valence-electron chi connectivity index (χ1n) is 7.61. The molecule has 2 aromatic rings. The largest absolute Gasteiger partial charge is 0.431 e. The summed E-state index contributed by atoms with van der Waals surface area (Å²) >= 11 is 1.73. The Hall–Kier alpha value is -1.04. The van der Waals surface area contributed by atoms with Gasteiger partial charge in [-0.15, -0.1) is 0 Å². The van der Waals surface area contributed by atoms with E-state index in [1.807, 2.05) is 6.07 Å². The van der Waals surface area contributed by atoms with Crippen LogP contribution in [-0.2, 0) is 0 Å². The van der Waals surface area contributed by atoms with E-state index in [-0.39, 0.29) is 0 Å². The molecule has 0 N–H and O–H groups in total. The predicted octanol–water partition coefficient (Wildman–Crippen LogP) is 2.87. The molecule has 3 rings (SSSR count). The highest BCUT2D eigenvalue weighted by Crippen LogP contribution is 2.24. The first kappa shape index (κ1) is 14.9. The second-order valence-electron chi connectivity index (χ2n) is 5.80. The molecule has 5 heteroatoms. The maximum absolute atomic E-state index is 5.76. The van der Waals surface area contributed by atoms with E-state index in [0.717, 1.165) is 22.1 Å². The highest BCUT2D eigenvalue weighted by atomic mass is 32.2. The van der Waals surface area contributed by atoms with Gasteiger partial charge in [0.2, 0.25) is 0 Å². The summed E-state index contributed by atoms with van der Waals surface area (Å²) in [5.74, 6) is 1.07. The van der Waals surface area contributed by atoms with Gasteiger partial charge in [0.25, 0.3) is 5.22 Å². The van der Waals surface area contributed by atoms with E-state index < -0.39 is 0 Å². The van der Waals surface area contributed by atoms with E-state index in [1.54, 1.807) is 11.8 Å². The lowest BCUT2D eigenvalue weighted by Crippen LogP contribution is -2.44. The van der Waals surface area contributed by atoms with E-state index in [0.29, 0.717) is 0 Å². The topological polar surface area (TPSA) is 32.5 Å².